The van der Waals surface area contributed by atoms with Crippen LogP contribution in [0.25, 0.3) is 0 Å². The van der Waals surface area contributed by atoms with Gasteiger partial charge in [-0.15, -0.1) is 0 Å². The third kappa shape index (κ3) is 2.79. The Hall–Kier alpha value is -0.610. The molecule has 2 aliphatic carbocycles. The van der Waals surface area contributed by atoms with Gasteiger partial charge in [0.1, 0.15) is 5.54 Å². The van der Waals surface area contributed by atoms with Gasteiger partial charge in [-0.05, 0) is 51.9 Å². The highest BCUT2D eigenvalue weighted by Gasteiger charge is 2.45. The SMILES string of the molecule is CCOC(=O)C(C)(CN1CC2CCC1C2)NC1CC1. The molecule has 3 unspecified atom stereocenters. The summed E-state index contributed by atoms with van der Waals surface area (Å²) in [5.41, 5.74) is -0.526. The molecule has 1 saturated heterocycles. The molecule has 108 valence electrons. The van der Waals surface area contributed by atoms with Crippen LogP contribution in [0.1, 0.15) is 46.0 Å². The summed E-state index contributed by atoms with van der Waals surface area (Å²) in [6.45, 7) is 6.35. The molecule has 0 radical (unpaired) electrons. The Morgan fingerprint density at radius 2 is 2.16 bits per heavy atom. The minimum absolute atomic E-state index is 0.0790. The number of likely N-dealkylation sites (tertiary alicyclic amines) is 1. The van der Waals surface area contributed by atoms with E-state index < -0.39 is 5.54 Å². The van der Waals surface area contributed by atoms with Crippen molar-refractivity contribution in [3.63, 3.8) is 0 Å². The first kappa shape index (κ1) is 13.4. The zero-order valence-corrected chi connectivity index (χ0v) is 12.2. The summed E-state index contributed by atoms with van der Waals surface area (Å²) in [6.07, 6.45) is 6.42. The summed E-state index contributed by atoms with van der Waals surface area (Å²) in [5.74, 6) is 0.794. The second-order valence-electron chi connectivity index (χ2n) is 6.73. The maximum atomic E-state index is 12.3. The van der Waals surface area contributed by atoms with E-state index in [0.29, 0.717) is 18.7 Å². The van der Waals surface area contributed by atoms with Gasteiger partial charge in [0.2, 0.25) is 0 Å². The molecule has 0 amide bonds. The number of carbonyl (C=O) groups excluding carboxylic acids is 1. The molecule has 0 aromatic carbocycles. The normalized spacial score (nSPS) is 33.4. The van der Waals surface area contributed by atoms with Gasteiger partial charge < -0.3 is 4.74 Å². The van der Waals surface area contributed by atoms with Crippen LogP contribution in [0, 0.1) is 5.92 Å². The fraction of sp³-hybridized carbons (Fsp3) is 0.933. The van der Waals surface area contributed by atoms with Crippen LogP contribution in [0.15, 0.2) is 0 Å². The summed E-state index contributed by atoms with van der Waals surface area (Å²) in [5, 5.41) is 3.52. The Morgan fingerprint density at radius 3 is 2.68 bits per heavy atom. The predicted octanol–water partition coefficient (Wildman–Crippen LogP) is 1.54. The van der Waals surface area contributed by atoms with Crippen LogP contribution in [0.2, 0.25) is 0 Å². The molecule has 2 saturated carbocycles. The lowest BCUT2D eigenvalue weighted by Gasteiger charge is -2.36. The number of piperidine rings is 1. The summed E-state index contributed by atoms with van der Waals surface area (Å²) in [7, 11) is 0. The summed E-state index contributed by atoms with van der Waals surface area (Å²) in [6, 6.07) is 1.23. The zero-order chi connectivity index (χ0) is 13.5. The smallest absolute Gasteiger partial charge is 0.327 e. The van der Waals surface area contributed by atoms with Gasteiger partial charge in [0, 0.05) is 25.2 Å². The molecule has 4 heteroatoms. The Bertz CT molecular complexity index is 356. The van der Waals surface area contributed by atoms with Gasteiger partial charge >= 0.3 is 5.97 Å². The quantitative estimate of drug-likeness (QED) is 0.741. The van der Waals surface area contributed by atoms with E-state index in [-0.39, 0.29) is 5.97 Å². The number of fused-ring (bicyclic) bond motifs is 2. The Kier molecular flexibility index (Phi) is 3.56. The molecule has 4 nitrogen and oxygen atoms in total. The average Bonchev–Trinajstić information content (AvgIpc) is 2.93. The lowest BCUT2D eigenvalue weighted by molar-refractivity contribution is -0.151. The van der Waals surface area contributed by atoms with Gasteiger partial charge in [-0.2, -0.15) is 0 Å². The number of hydrogen-bond donors (Lipinski definition) is 1. The van der Waals surface area contributed by atoms with Crippen LogP contribution in [-0.2, 0) is 9.53 Å². The highest BCUT2D eigenvalue weighted by atomic mass is 16.5. The van der Waals surface area contributed by atoms with Crippen LogP contribution in [0.3, 0.4) is 0 Å². The first-order chi connectivity index (χ1) is 9.10. The topological polar surface area (TPSA) is 41.6 Å². The molecular formula is C15H26N2O2. The molecule has 1 aliphatic heterocycles. The minimum atomic E-state index is -0.526. The number of esters is 1. The van der Waals surface area contributed by atoms with E-state index in [4.69, 9.17) is 4.74 Å². The van der Waals surface area contributed by atoms with Crippen molar-refractivity contribution in [2.45, 2.75) is 63.6 Å². The fourth-order valence-corrected chi connectivity index (χ4v) is 3.76. The number of ether oxygens (including phenoxy) is 1. The van der Waals surface area contributed by atoms with Gasteiger partial charge in [-0.3, -0.25) is 15.0 Å². The van der Waals surface area contributed by atoms with Crippen molar-refractivity contribution in [2.75, 3.05) is 19.7 Å². The van der Waals surface area contributed by atoms with Crippen molar-refractivity contribution in [3.8, 4) is 0 Å². The molecule has 0 aromatic heterocycles. The highest BCUT2D eigenvalue weighted by molar-refractivity contribution is 5.80. The van der Waals surface area contributed by atoms with E-state index in [0.717, 1.165) is 12.5 Å². The Balaban J connectivity index is 1.65. The fourth-order valence-electron chi connectivity index (χ4n) is 3.76. The van der Waals surface area contributed by atoms with Crippen molar-refractivity contribution in [1.29, 1.82) is 0 Å². The molecular weight excluding hydrogens is 240 g/mol. The van der Waals surface area contributed by atoms with Gasteiger partial charge in [0.05, 0.1) is 6.61 Å². The molecule has 0 spiro atoms. The van der Waals surface area contributed by atoms with E-state index in [9.17, 15) is 4.79 Å². The van der Waals surface area contributed by atoms with Crippen molar-refractivity contribution in [3.05, 3.63) is 0 Å². The molecule has 19 heavy (non-hydrogen) atoms. The molecule has 2 bridgehead atoms. The van der Waals surface area contributed by atoms with Crippen molar-refractivity contribution in [1.82, 2.24) is 10.2 Å². The summed E-state index contributed by atoms with van der Waals surface area (Å²) >= 11 is 0. The summed E-state index contributed by atoms with van der Waals surface area (Å²) in [4.78, 5) is 14.8. The Morgan fingerprint density at radius 1 is 1.37 bits per heavy atom. The van der Waals surface area contributed by atoms with Crippen molar-refractivity contribution < 1.29 is 9.53 Å². The number of nitrogens with one attached hydrogen (secondary N) is 1. The lowest BCUT2D eigenvalue weighted by Crippen LogP contribution is -2.59. The molecule has 0 aromatic rings. The maximum absolute atomic E-state index is 12.3. The van der Waals surface area contributed by atoms with Crippen LogP contribution in [-0.4, -0.2) is 48.2 Å². The van der Waals surface area contributed by atoms with Crippen LogP contribution in [0.4, 0.5) is 0 Å². The monoisotopic (exact) mass is 266 g/mol. The first-order valence-electron chi connectivity index (χ1n) is 7.79. The zero-order valence-electron chi connectivity index (χ0n) is 12.2. The van der Waals surface area contributed by atoms with Gasteiger partial charge in [-0.1, -0.05) is 0 Å². The molecule has 3 fully saturated rings. The second-order valence-corrected chi connectivity index (χ2v) is 6.73. The van der Waals surface area contributed by atoms with Crippen molar-refractivity contribution in [2.24, 2.45) is 5.92 Å². The third-order valence-electron chi connectivity index (χ3n) is 4.87. The minimum Gasteiger partial charge on any atom is -0.465 e. The lowest BCUT2D eigenvalue weighted by atomic mass is 9.99. The van der Waals surface area contributed by atoms with Crippen LogP contribution in [0.5, 0.6) is 0 Å². The molecule has 1 N–H and O–H groups in total. The Labute approximate surface area is 115 Å². The van der Waals surface area contributed by atoms with Crippen molar-refractivity contribution >= 4 is 5.97 Å². The van der Waals surface area contributed by atoms with Crippen LogP contribution >= 0.6 is 0 Å². The standard InChI is InChI=1S/C15H26N2O2/c1-3-19-14(18)15(2,16-12-5-6-12)10-17-9-11-4-7-13(17)8-11/h11-13,16H,3-10H2,1-2H3. The van der Waals surface area contributed by atoms with E-state index in [1.54, 1.807) is 0 Å². The largest absolute Gasteiger partial charge is 0.465 e. The van der Waals surface area contributed by atoms with Gasteiger partial charge in [0.15, 0.2) is 0 Å². The highest BCUT2D eigenvalue weighted by Crippen LogP contribution is 2.38. The molecule has 1 heterocycles. The average molecular weight is 266 g/mol. The van der Waals surface area contributed by atoms with E-state index in [1.165, 1.54) is 38.6 Å². The summed E-state index contributed by atoms with van der Waals surface area (Å²) < 4.78 is 5.30. The molecule has 3 rings (SSSR count). The first-order valence-corrected chi connectivity index (χ1v) is 7.79. The number of hydrogen-bond acceptors (Lipinski definition) is 4. The van der Waals surface area contributed by atoms with E-state index in [2.05, 4.69) is 10.2 Å². The number of rotatable bonds is 6. The number of carbonyl (C=O) groups is 1. The van der Waals surface area contributed by atoms with Crippen LogP contribution < -0.4 is 5.32 Å². The second kappa shape index (κ2) is 5.06. The van der Waals surface area contributed by atoms with E-state index in [1.807, 2.05) is 13.8 Å². The maximum Gasteiger partial charge on any atom is 0.327 e. The molecule has 3 aliphatic rings. The molecule has 3 atom stereocenters. The van der Waals surface area contributed by atoms with Gasteiger partial charge in [-0.25, -0.2) is 0 Å². The third-order valence-corrected chi connectivity index (χ3v) is 4.87. The predicted molar refractivity (Wildman–Crippen MR) is 73.9 cm³/mol. The number of nitrogens with zero attached hydrogens (tertiary/aromatic N) is 1. The van der Waals surface area contributed by atoms with E-state index >= 15 is 0 Å². The van der Waals surface area contributed by atoms with Gasteiger partial charge in [0.25, 0.3) is 0 Å².